The Labute approximate surface area is 86.6 Å². The van der Waals surface area contributed by atoms with Crippen molar-refractivity contribution in [1.82, 2.24) is 4.98 Å². The molecule has 0 saturated heterocycles. The highest BCUT2D eigenvalue weighted by Gasteiger charge is 2.12. The number of aromatic nitrogens is 1. The monoisotopic (exact) mass is 215 g/mol. The Hall–Kier alpha value is -0.940. The summed E-state index contributed by atoms with van der Waals surface area (Å²) in [4.78, 5) is 15.8. The van der Waals surface area contributed by atoms with Crippen LogP contribution in [0.4, 0.5) is 0 Å². The lowest BCUT2D eigenvalue weighted by atomic mass is 10.4. The summed E-state index contributed by atoms with van der Waals surface area (Å²) in [6, 6.07) is 0. The molecule has 5 heteroatoms. The van der Waals surface area contributed by atoms with E-state index in [0.29, 0.717) is 0 Å². The second-order valence-electron chi connectivity index (χ2n) is 3.04. The van der Waals surface area contributed by atoms with Crippen LogP contribution in [0.2, 0.25) is 0 Å². The molecule has 0 amide bonds. The largest absolute Gasteiger partial charge is 0.479 e. The van der Waals surface area contributed by atoms with Gasteiger partial charge in [-0.2, -0.15) is 0 Å². The minimum absolute atomic E-state index is 0.271. The maximum absolute atomic E-state index is 10.5. The molecule has 0 unspecified atom stereocenters. The van der Waals surface area contributed by atoms with Crippen LogP contribution in [0.1, 0.15) is 22.5 Å². The van der Waals surface area contributed by atoms with Gasteiger partial charge in [0.15, 0.2) is 6.10 Å². The summed E-state index contributed by atoms with van der Waals surface area (Å²) in [5, 5.41) is 9.40. The molecular formula is C9H13NO3S. The summed E-state index contributed by atoms with van der Waals surface area (Å²) in [6.07, 6.45) is -0.778. The summed E-state index contributed by atoms with van der Waals surface area (Å²) in [7, 11) is 0. The predicted octanol–water partition coefficient (Wildman–Crippen LogP) is 1.75. The first-order chi connectivity index (χ1) is 6.50. The molecule has 14 heavy (non-hydrogen) atoms. The third-order valence-corrected chi connectivity index (χ3v) is 2.92. The van der Waals surface area contributed by atoms with Crippen LogP contribution in [-0.2, 0) is 16.1 Å². The number of aryl methyl sites for hydroxylation is 2. The van der Waals surface area contributed by atoms with Crippen LogP contribution < -0.4 is 0 Å². The van der Waals surface area contributed by atoms with Crippen molar-refractivity contribution in [2.75, 3.05) is 0 Å². The van der Waals surface area contributed by atoms with Crippen LogP contribution in [0.15, 0.2) is 0 Å². The molecule has 0 aliphatic carbocycles. The van der Waals surface area contributed by atoms with E-state index in [9.17, 15) is 4.79 Å². The highest BCUT2D eigenvalue weighted by Crippen LogP contribution is 2.17. The number of hydrogen-bond acceptors (Lipinski definition) is 4. The van der Waals surface area contributed by atoms with Crippen molar-refractivity contribution in [2.45, 2.75) is 33.5 Å². The normalized spacial score (nSPS) is 12.8. The molecule has 0 fully saturated rings. The number of carboxylic acids is 1. The number of hydrogen-bond donors (Lipinski definition) is 1. The molecule has 0 aliphatic heterocycles. The topological polar surface area (TPSA) is 59.4 Å². The number of nitrogens with zero attached hydrogens (tertiary/aromatic N) is 1. The number of thiazole rings is 1. The first-order valence-corrected chi connectivity index (χ1v) is 5.09. The third-order valence-electron chi connectivity index (χ3n) is 1.88. The van der Waals surface area contributed by atoms with Crippen molar-refractivity contribution in [2.24, 2.45) is 0 Å². The summed E-state index contributed by atoms with van der Waals surface area (Å²) in [6.45, 7) is 5.69. The smallest absolute Gasteiger partial charge is 0.332 e. The van der Waals surface area contributed by atoms with E-state index in [1.807, 2.05) is 13.8 Å². The average Bonchev–Trinajstić information content (AvgIpc) is 2.42. The van der Waals surface area contributed by atoms with Crippen LogP contribution in [0, 0.1) is 13.8 Å². The zero-order valence-corrected chi connectivity index (χ0v) is 9.22. The number of rotatable bonds is 4. The molecule has 0 radical (unpaired) electrons. The highest BCUT2D eigenvalue weighted by atomic mass is 32.1. The van der Waals surface area contributed by atoms with E-state index in [-0.39, 0.29) is 6.61 Å². The van der Waals surface area contributed by atoms with Gasteiger partial charge in [-0.25, -0.2) is 9.78 Å². The van der Waals surface area contributed by atoms with E-state index in [4.69, 9.17) is 9.84 Å². The Morgan fingerprint density at radius 3 is 2.71 bits per heavy atom. The third kappa shape index (κ3) is 2.78. The number of ether oxygens (including phenoxy) is 1. The zero-order chi connectivity index (χ0) is 10.7. The van der Waals surface area contributed by atoms with E-state index in [1.54, 1.807) is 0 Å². The Balaban J connectivity index is 2.50. The molecular weight excluding hydrogens is 202 g/mol. The average molecular weight is 215 g/mol. The van der Waals surface area contributed by atoms with E-state index < -0.39 is 12.1 Å². The van der Waals surface area contributed by atoms with Gasteiger partial charge in [-0.05, 0) is 20.8 Å². The van der Waals surface area contributed by atoms with E-state index in [1.165, 1.54) is 18.3 Å². The summed E-state index contributed by atoms with van der Waals surface area (Å²) in [5.41, 5.74) is 0.983. The molecule has 1 N–H and O–H groups in total. The van der Waals surface area contributed by atoms with Crippen molar-refractivity contribution in [3.05, 3.63) is 15.6 Å². The van der Waals surface area contributed by atoms with Crippen molar-refractivity contribution in [1.29, 1.82) is 0 Å². The molecule has 0 aromatic carbocycles. The molecule has 1 atom stereocenters. The first kappa shape index (κ1) is 11.1. The highest BCUT2D eigenvalue weighted by molar-refractivity contribution is 7.11. The molecule has 0 bridgehead atoms. The van der Waals surface area contributed by atoms with Crippen LogP contribution in [0.3, 0.4) is 0 Å². The SMILES string of the molecule is Cc1nc(CO[C@@H](C)C(=O)O)sc1C. The molecule has 1 aromatic rings. The summed E-state index contributed by atoms with van der Waals surface area (Å²) >= 11 is 1.54. The lowest BCUT2D eigenvalue weighted by Crippen LogP contribution is -2.19. The molecule has 0 aliphatic rings. The minimum Gasteiger partial charge on any atom is -0.479 e. The van der Waals surface area contributed by atoms with Crippen LogP contribution in [0.25, 0.3) is 0 Å². The number of aliphatic carboxylic acids is 1. The number of carboxylic acid groups (broad SMARTS) is 1. The second kappa shape index (κ2) is 4.52. The fourth-order valence-corrected chi connectivity index (χ4v) is 1.72. The van der Waals surface area contributed by atoms with Crippen molar-refractivity contribution < 1.29 is 14.6 Å². The van der Waals surface area contributed by atoms with E-state index in [2.05, 4.69) is 4.98 Å². The van der Waals surface area contributed by atoms with Gasteiger partial charge >= 0.3 is 5.97 Å². The van der Waals surface area contributed by atoms with Gasteiger partial charge in [-0.1, -0.05) is 0 Å². The summed E-state index contributed by atoms with van der Waals surface area (Å²) < 4.78 is 5.11. The minimum atomic E-state index is -0.949. The van der Waals surface area contributed by atoms with Crippen molar-refractivity contribution in [3.63, 3.8) is 0 Å². The Kier molecular flexibility index (Phi) is 3.60. The lowest BCUT2D eigenvalue weighted by molar-refractivity contribution is -0.149. The quantitative estimate of drug-likeness (QED) is 0.831. The molecule has 78 valence electrons. The van der Waals surface area contributed by atoms with Gasteiger partial charge in [0.25, 0.3) is 0 Å². The van der Waals surface area contributed by atoms with Crippen LogP contribution >= 0.6 is 11.3 Å². The van der Waals surface area contributed by atoms with Gasteiger partial charge in [0.2, 0.25) is 0 Å². The van der Waals surface area contributed by atoms with Crippen LogP contribution in [-0.4, -0.2) is 22.2 Å². The summed E-state index contributed by atoms with van der Waals surface area (Å²) in [5.74, 6) is -0.949. The van der Waals surface area contributed by atoms with Gasteiger partial charge in [-0.15, -0.1) is 11.3 Å². The van der Waals surface area contributed by atoms with Crippen molar-refractivity contribution in [3.8, 4) is 0 Å². The van der Waals surface area contributed by atoms with Crippen molar-refractivity contribution >= 4 is 17.3 Å². The van der Waals surface area contributed by atoms with E-state index in [0.717, 1.165) is 15.6 Å². The fourth-order valence-electron chi connectivity index (χ4n) is 0.868. The first-order valence-electron chi connectivity index (χ1n) is 4.28. The Bertz CT molecular complexity index is 315. The Morgan fingerprint density at radius 2 is 2.29 bits per heavy atom. The molecule has 4 nitrogen and oxygen atoms in total. The van der Waals surface area contributed by atoms with Gasteiger partial charge < -0.3 is 9.84 Å². The van der Waals surface area contributed by atoms with E-state index >= 15 is 0 Å². The number of carbonyl (C=O) groups is 1. The van der Waals surface area contributed by atoms with Crippen LogP contribution in [0.5, 0.6) is 0 Å². The predicted molar refractivity (Wildman–Crippen MR) is 53.5 cm³/mol. The molecule has 1 heterocycles. The van der Waals surface area contributed by atoms with Gasteiger partial charge in [-0.3, -0.25) is 0 Å². The molecule has 0 saturated carbocycles. The standard InChI is InChI=1S/C9H13NO3S/c1-5-7(3)14-8(10-5)4-13-6(2)9(11)12/h6H,4H2,1-3H3,(H,11,12)/t6-/m0/s1. The Morgan fingerprint density at radius 1 is 1.64 bits per heavy atom. The van der Waals surface area contributed by atoms with Gasteiger partial charge in [0.1, 0.15) is 5.01 Å². The fraction of sp³-hybridized carbons (Fsp3) is 0.556. The maximum atomic E-state index is 10.5. The maximum Gasteiger partial charge on any atom is 0.332 e. The molecule has 0 spiro atoms. The molecule has 1 aromatic heterocycles. The van der Waals surface area contributed by atoms with Gasteiger partial charge in [0.05, 0.1) is 12.3 Å². The van der Waals surface area contributed by atoms with Gasteiger partial charge in [0, 0.05) is 4.88 Å². The second-order valence-corrected chi connectivity index (χ2v) is 4.33. The zero-order valence-electron chi connectivity index (χ0n) is 8.40. The molecule has 1 rings (SSSR count). The lowest BCUT2D eigenvalue weighted by Gasteiger charge is -2.05.